The van der Waals surface area contributed by atoms with Gasteiger partial charge in [-0.25, -0.2) is 4.39 Å². The summed E-state index contributed by atoms with van der Waals surface area (Å²) in [6.45, 7) is 2.43. The highest BCUT2D eigenvalue weighted by Crippen LogP contribution is 2.29. The molecule has 1 N–H and O–H groups in total. The maximum Gasteiger partial charge on any atom is 0.189 e. The summed E-state index contributed by atoms with van der Waals surface area (Å²) in [5, 5.41) is 9.50. The Hall–Kier alpha value is -1.13. The van der Waals surface area contributed by atoms with Gasteiger partial charge in [0.1, 0.15) is 11.6 Å². The number of ether oxygens (including phenoxy) is 2. The van der Waals surface area contributed by atoms with Crippen LogP contribution in [0.4, 0.5) is 4.39 Å². The van der Waals surface area contributed by atoms with Crippen molar-refractivity contribution in [3.63, 3.8) is 0 Å². The fourth-order valence-corrected chi connectivity index (χ4v) is 1.58. The van der Waals surface area contributed by atoms with E-state index in [1.54, 1.807) is 6.92 Å². The first-order valence-electron chi connectivity index (χ1n) is 5.85. The summed E-state index contributed by atoms with van der Waals surface area (Å²) in [6, 6.07) is 4.10. The van der Waals surface area contributed by atoms with Crippen LogP contribution in [-0.2, 0) is 4.74 Å². The summed E-state index contributed by atoms with van der Waals surface area (Å²) in [6.07, 6.45) is 1.70. The smallest absolute Gasteiger partial charge is 0.189 e. The Morgan fingerprint density at radius 1 is 1.47 bits per heavy atom. The third-order valence-electron chi connectivity index (χ3n) is 2.77. The molecule has 0 radical (unpaired) electrons. The normalized spacial score (nSPS) is 16.9. The van der Waals surface area contributed by atoms with Crippen molar-refractivity contribution in [2.45, 2.75) is 25.9 Å². The first-order chi connectivity index (χ1) is 8.16. The summed E-state index contributed by atoms with van der Waals surface area (Å²) in [5.74, 6) is 0.771. The van der Waals surface area contributed by atoms with Gasteiger partial charge in [0.15, 0.2) is 6.79 Å². The average molecular weight is 240 g/mol. The molecule has 1 atom stereocenters. The molecule has 0 spiro atoms. The number of rotatable bonds is 6. The molecule has 0 saturated heterocycles. The highest BCUT2D eigenvalue weighted by molar-refractivity contribution is 5.35. The van der Waals surface area contributed by atoms with E-state index in [9.17, 15) is 9.50 Å². The SMILES string of the molecule is C[C@@H](O)c1cc(F)ccc1OCOCC1CC1. The van der Waals surface area contributed by atoms with Gasteiger partial charge < -0.3 is 14.6 Å². The predicted molar refractivity (Wildman–Crippen MR) is 61.2 cm³/mol. The van der Waals surface area contributed by atoms with Crippen LogP contribution in [0.2, 0.25) is 0 Å². The van der Waals surface area contributed by atoms with E-state index in [2.05, 4.69) is 0 Å². The van der Waals surface area contributed by atoms with Crippen LogP contribution in [0.5, 0.6) is 5.75 Å². The number of halogens is 1. The van der Waals surface area contributed by atoms with E-state index in [1.165, 1.54) is 31.0 Å². The molecule has 0 aliphatic heterocycles. The van der Waals surface area contributed by atoms with Crippen LogP contribution in [0.25, 0.3) is 0 Å². The third-order valence-corrected chi connectivity index (χ3v) is 2.77. The topological polar surface area (TPSA) is 38.7 Å². The van der Waals surface area contributed by atoms with Crippen LogP contribution >= 0.6 is 0 Å². The Balaban J connectivity index is 1.89. The summed E-state index contributed by atoms with van der Waals surface area (Å²) in [7, 11) is 0. The molecule has 17 heavy (non-hydrogen) atoms. The molecule has 94 valence electrons. The van der Waals surface area contributed by atoms with Gasteiger partial charge in [0.2, 0.25) is 0 Å². The number of aliphatic hydroxyl groups is 1. The minimum atomic E-state index is -0.760. The zero-order valence-electron chi connectivity index (χ0n) is 9.86. The molecular weight excluding hydrogens is 223 g/mol. The summed E-state index contributed by atoms with van der Waals surface area (Å²) in [4.78, 5) is 0. The lowest BCUT2D eigenvalue weighted by atomic mass is 10.1. The number of aliphatic hydroxyl groups excluding tert-OH is 1. The fraction of sp³-hybridized carbons (Fsp3) is 0.538. The van der Waals surface area contributed by atoms with E-state index in [1.807, 2.05) is 0 Å². The molecule has 1 aliphatic carbocycles. The van der Waals surface area contributed by atoms with Gasteiger partial charge >= 0.3 is 0 Å². The molecule has 1 aliphatic rings. The molecule has 0 heterocycles. The number of benzene rings is 1. The third kappa shape index (κ3) is 3.68. The van der Waals surface area contributed by atoms with Crippen LogP contribution < -0.4 is 4.74 Å². The Labute approximate surface area is 100 Å². The van der Waals surface area contributed by atoms with E-state index >= 15 is 0 Å². The average Bonchev–Trinajstić information content (AvgIpc) is 3.09. The van der Waals surface area contributed by atoms with Gasteiger partial charge in [-0.1, -0.05) is 0 Å². The maximum absolute atomic E-state index is 13.0. The van der Waals surface area contributed by atoms with Crippen LogP contribution in [-0.4, -0.2) is 18.5 Å². The lowest BCUT2D eigenvalue weighted by Crippen LogP contribution is -2.07. The van der Waals surface area contributed by atoms with Crippen molar-refractivity contribution < 1.29 is 19.0 Å². The standard InChI is InChI=1S/C13H17FO3/c1-9(15)12-6-11(14)4-5-13(12)17-8-16-7-10-2-3-10/h4-6,9-10,15H,2-3,7-8H2,1H3/t9-/m1/s1. The Morgan fingerprint density at radius 2 is 2.24 bits per heavy atom. The molecular formula is C13H17FO3. The van der Waals surface area contributed by atoms with Gasteiger partial charge in [-0.05, 0) is 43.9 Å². The zero-order chi connectivity index (χ0) is 12.3. The van der Waals surface area contributed by atoms with Crippen molar-refractivity contribution in [1.82, 2.24) is 0 Å². The van der Waals surface area contributed by atoms with Crippen molar-refractivity contribution in [1.29, 1.82) is 0 Å². The van der Waals surface area contributed by atoms with Crippen LogP contribution in [0.15, 0.2) is 18.2 Å². The van der Waals surface area contributed by atoms with Gasteiger partial charge in [-0.15, -0.1) is 0 Å². The van der Waals surface area contributed by atoms with Crippen LogP contribution in [0, 0.1) is 11.7 Å². The van der Waals surface area contributed by atoms with Gasteiger partial charge in [-0.3, -0.25) is 0 Å². The maximum atomic E-state index is 13.0. The summed E-state index contributed by atoms with van der Waals surface area (Å²) >= 11 is 0. The van der Waals surface area contributed by atoms with Gasteiger partial charge in [-0.2, -0.15) is 0 Å². The predicted octanol–water partition coefficient (Wildman–Crippen LogP) is 2.64. The summed E-state index contributed by atoms with van der Waals surface area (Å²) < 4.78 is 23.7. The molecule has 0 amide bonds. The fourth-order valence-electron chi connectivity index (χ4n) is 1.58. The first-order valence-corrected chi connectivity index (χ1v) is 5.85. The molecule has 1 aromatic rings. The Bertz CT molecular complexity index is 375. The molecule has 1 saturated carbocycles. The Morgan fingerprint density at radius 3 is 2.88 bits per heavy atom. The second-order valence-corrected chi connectivity index (χ2v) is 4.43. The Kier molecular flexibility index (Phi) is 3.97. The highest BCUT2D eigenvalue weighted by Gasteiger charge is 2.21. The van der Waals surface area contributed by atoms with Crippen molar-refractivity contribution >= 4 is 0 Å². The monoisotopic (exact) mass is 240 g/mol. The van der Waals surface area contributed by atoms with Crippen molar-refractivity contribution in [2.24, 2.45) is 5.92 Å². The van der Waals surface area contributed by atoms with E-state index in [4.69, 9.17) is 9.47 Å². The van der Waals surface area contributed by atoms with Crippen LogP contribution in [0.1, 0.15) is 31.4 Å². The molecule has 0 unspecified atom stereocenters. The molecule has 4 heteroatoms. The number of hydrogen-bond donors (Lipinski definition) is 1. The van der Waals surface area contributed by atoms with Crippen LogP contribution in [0.3, 0.4) is 0 Å². The second-order valence-electron chi connectivity index (χ2n) is 4.43. The lowest BCUT2D eigenvalue weighted by molar-refractivity contribution is 0.00825. The van der Waals surface area contributed by atoms with E-state index < -0.39 is 6.10 Å². The van der Waals surface area contributed by atoms with Gasteiger partial charge in [0.25, 0.3) is 0 Å². The van der Waals surface area contributed by atoms with E-state index in [0.29, 0.717) is 23.8 Å². The van der Waals surface area contributed by atoms with E-state index in [-0.39, 0.29) is 12.6 Å². The largest absolute Gasteiger partial charge is 0.467 e. The highest BCUT2D eigenvalue weighted by atomic mass is 19.1. The van der Waals surface area contributed by atoms with Gasteiger partial charge in [0.05, 0.1) is 12.7 Å². The molecule has 0 bridgehead atoms. The van der Waals surface area contributed by atoms with Crippen molar-refractivity contribution in [3.05, 3.63) is 29.6 Å². The quantitative estimate of drug-likeness (QED) is 0.613. The minimum absolute atomic E-state index is 0.141. The van der Waals surface area contributed by atoms with Crippen molar-refractivity contribution in [2.75, 3.05) is 13.4 Å². The first kappa shape index (κ1) is 12.3. The second kappa shape index (κ2) is 5.47. The van der Waals surface area contributed by atoms with Crippen molar-refractivity contribution in [3.8, 4) is 5.75 Å². The molecule has 1 aromatic carbocycles. The van der Waals surface area contributed by atoms with Gasteiger partial charge in [0, 0.05) is 5.56 Å². The molecule has 1 fully saturated rings. The molecule has 2 rings (SSSR count). The minimum Gasteiger partial charge on any atom is -0.467 e. The number of hydrogen-bond acceptors (Lipinski definition) is 3. The lowest BCUT2D eigenvalue weighted by Gasteiger charge is -2.13. The molecule has 3 nitrogen and oxygen atoms in total. The zero-order valence-corrected chi connectivity index (χ0v) is 9.86. The molecule has 0 aromatic heterocycles. The van der Waals surface area contributed by atoms with E-state index in [0.717, 1.165) is 0 Å². The summed E-state index contributed by atoms with van der Waals surface area (Å²) in [5.41, 5.74) is 0.444.